The van der Waals surface area contributed by atoms with Crippen LogP contribution in [0.5, 0.6) is 0 Å². The molecule has 0 radical (unpaired) electrons. The Morgan fingerprint density at radius 3 is 2.24 bits per heavy atom. The third-order valence-corrected chi connectivity index (χ3v) is 3.84. The second-order valence-corrected chi connectivity index (χ2v) is 5.07. The maximum atomic E-state index is 12.3. The van der Waals surface area contributed by atoms with Gasteiger partial charge in [0.25, 0.3) is 0 Å². The van der Waals surface area contributed by atoms with Crippen LogP contribution in [0.2, 0.25) is 0 Å². The molecule has 0 amide bonds. The molecule has 92 valence electrons. The van der Waals surface area contributed by atoms with Gasteiger partial charge < -0.3 is 5.32 Å². The van der Waals surface area contributed by atoms with E-state index in [0.29, 0.717) is 11.8 Å². The van der Waals surface area contributed by atoms with Crippen LogP contribution in [0.3, 0.4) is 0 Å². The van der Waals surface area contributed by atoms with Crippen LogP contribution in [-0.4, -0.2) is 18.9 Å². The lowest BCUT2D eigenvalue weighted by molar-refractivity contribution is 0.0881. The van der Waals surface area contributed by atoms with E-state index >= 15 is 0 Å². The zero-order valence-corrected chi connectivity index (χ0v) is 10.7. The number of aryl methyl sites for hydroxylation is 1. The lowest BCUT2D eigenvalue weighted by Crippen LogP contribution is -2.32. The highest BCUT2D eigenvalue weighted by molar-refractivity contribution is 5.97. The van der Waals surface area contributed by atoms with Crippen LogP contribution in [0.4, 0.5) is 0 Å². The average Bonchev–Trinajstić information content (AvgIpc) is 2.39. The Morgan fingerprint density at radius 1 is 1.12 bits per heavy atom. The highest BCUT2D eigenvalue weighted by Crippen LogP contribution is 2.27. The number of hydrogen-bond acceptors (Lipinski definition) is 2. The van der Waals surface area contributed by atoms with Crippen LogP contribution in [0.15, 0.2) is 24.3 Å². The van der Waals surface area contributed by atoms with Gasteiger partial charge in [-0.1, -0.05) is 29.8 Å². The molecule has 0 saturated heterocycles. The second-order valence-electron chi connectivity index (χ2n) is 5.07. The molecule has 2 nitrogen and oxygen atoms in total. The Labute approximate surface area is 103 Å². The van der Waals surface area contributed by atoms with Gasteiger partial charge in [0.1, 0.15) is 0 Å². The van der Waals surface area contributed by atoms with Crippen LogP contribution in [0.25, 0.3) is 0 Å². The monoisotopic (exact) mass is 231 g/mol. The minimum Gasteiger partial charge on any atom is -0.317 e. The van der Waals surface area contributed by atoms with Crippen LogP contribution in [0, 0.1) is 12.8 Å². The van der Waals surface area contributed by atoms with Gasteiger partial charge in [0, 0.05) is 17.5 Å². The van der Waals surface area contributed by atoms with E-state index in [0.717, 1.165) is 31.2 Å². The fraction of sp³-hybridized carbons (Fsp3) is 0.533. The molecule has 1 saturated carbocycles. The molecule has 0 heterocycles. The molecule has 1 aromatic carbocycles. The molecule has 1 aliphatic carbocycles. The summed E-state index contributed by atoms with van der Waals surface area (Å²) in [5.41, 5.74) is 2.09. The van der Waals surface area contributed by atoms with Crippen molar-refractivity contribution in [3.63, 3.8) is 0 Å². The van der Waals surface area contributed by atoms with Gasteiger partial charge in [-0.2, -0.15) is 0 Å². The highest BCUT2D eigenvalue weighted by Gasteiger charge is 2.25. The summed E-state index contributed by atoms with van der Waals surface area (Å²) < 4.78 is 0. The van der Waals surface area contributed by atoms with Gasteiger partial charge in [-0.25, -0.2) is 0 Å². The first-order valence-electron chi connectivity index (χ1n) is 6.49. The van der Waals surface area contributed by atoms with Gasteiger partial charge in [0.05, 0.1) is 0 Å². The van der Waals surface area contributed by atoms with Crippen molar-refractivity contribution in [2.24, 2.45) is 5.92 Å². The first kappa shape index (κ1) is 12.3. The third kappa shape index (κ3) is 2.95. The maximum Gasteiger partial charge on any atom is 0.165 e. The summed E-state index contributed by atoms with van der Waals surface area (Å²) in [6, 6.07) is 8.57. The molecular formula is C15H21NO. The molecule has 0 aliphatic heterocycles. The average molecular weight is 231 g/mol. The van der Waals surface area contributed by atoms with Crippen LogP contribution >= 0.6 is 0 Å². The molecule has 1 aliphatic rings. The molecule has 1 N–H and O–H groups in total. The zero-order chi connectivity index (χ0) is 12.3. The zero-order valence-electron chi connectivity index (χ0n) is 10.7. The van der Waals surface area contributed by atoms with Crippen molar-refractivity contribution in [2.75, 3.05) is 7.05 Å². The van der Waals surface area contributed by atoms with Crippen molar-refractivity contribution in [1.29, 1.82) is 0 Å². The van der Waals surface area contributed by atoms with Crippen LogP contribution in [0.1, 0.15) is 41.6 Å². The fourth-order valence-electron chi connectivity index (χ4n) is 2.60. The highest BCUT2D eigenvalue weighted by atomic mass is 16.1. The molecular weight excluding hydrogens is 210 g/mol. The van der Waals surface area contributed by atoms with E-state index in [9.17, 15) is 4.79 Å². The smallest absolute Gasteiger partial charge is 0.165 e. The molecule has 0 aromatic heterocycles. The van der Waals surface area contributed by atoms with E-state index in [1.165, 1.54) is 5.56 Å². The number of hydrogen-bond donors (Lipinski definition) is 1. The SMILES string of the molecule is CNC1CCC(C(=O)c2ccc(C)cc2)CC1. The van der Waals surface area contributed by atoms with Crippen molar-refractivity contribution in [1.82, 2.24) is 5.32 Å². The normalized spacial score (nSPS) is 24.6. The van der Waals surface area contributed by atoms with Gasteiger partial charge >= 0.3 is 0 Å². The Balaban J connectivity index is 1.99. The van der Waals surface area contributed by atoms with Gasteiger partial charge in [-0.15, -0.1) is 0 Å². The number of carbonyl (C=O) groups excluding carboxylic acids is 1. The second kappa shape index (κ2) is 5.46. The number of Topliss-reactive ketones (excluding diaryl/α,β-unsaturated/α-hetero) is 1. The van der Waals surface area contributed by atoms with Crippen molar-refractivity contribution in [3.8, 4) is 0 Å². The number of nitrogens with one attached hydrogen (secondary N) is 1. The Kier molecular flexibility index (Phi) is 3.95. The largest absolute Gasteiger partial charge is 0.317 e. The summed E-state index contributed by atoms with van der Waals surface area (Å²) in [5, 5.41) is 3.30. The summed E-state index contributed by atoms with van der Waals surface area (Å²) in [6.07, 6.45) is 4.30. The Morgan fingerprint density at radius 2 is 1.71 bits per heavy atom. The first-order valence-corrected chi connectivity index (χ1v) is 6.49. The number of ketones is 1. The van der Waals surface area contributed by atoms with E-state index in [1.54, 1.807) is 0 Å². The number of benzene rings is 1. The van der Waals surface area contributed by atoms with Gasteiger partial charge in [-0.05, 0) is 39.7 Å². The van der Waals surface area contributed by atoms with Crippen molar-refractivity contribution < 1.29 is 4.79 Å². The minimum absolute atomic E-state index is 0.238. The molecule has 17 heavy (non-hydrogen) atoms. The van der Waals surface area contributed by atoms with E-state index in [-0.39, 0.29) is 5.92 Å². The maximum absolute atomic E-state index is 12.3. The third-order valence-electron chi connectivity index (χ3n) is 3.84. The van der Waals surface area contributed by atoms with Crippen molar-refractivity contribution in [3.05, 3.63) is 35.4 Å². The van der Waals surface area contributed by atoms with Gasteiger partial charge in [-0.3, -0.25) is 4.79 Å². The van der Waals surface area contributed by atoms with Crippen molar-refractivity contribution in [2.45, 2.75) is 38.6 Å². The van der Waals surface area contributed by atoms with E-state index in [4.69, 9.17) is 0 Å². The van der Waals surface area contributed by atoms with Gasteiger partial charge in [0.15, 0.2) is 5.78 Å². The predicted molar refractivity (Wildman–Crippen MR) is 70.3 cm³/mol. The lowest BCUT2D eigenvalue weighted by atomic mass is 9.81. The number of rotatable bonds is 3. The fourth-order valence-corrected chi connectivity index (χ4v) is 2.60. The molecule has 2 rings (SSSR count). The standard InChI is InChI=1S/C15H21NO/c1-11-3-5-12(6-4-11)15(17)13-7-9-14(16-2)10-8-13/h3-6,13-14,16H,7-10H2,1-2H3. The summed E-state index contributed by atoms with van der Waals surface area (Å²) in [6.45, 7) is 2.05. The number of carbonyl (C=O) groups is 1. The molecule has 0 bridgehead atoms. The lowest BCUT2D eigenvalue weighted by Gasteiger charge is -2.27. The van der Waals surface area contributed by atoms with E-state index in [1.807, 2.05) is 38.2 Å². The summed E-state index contributed by atoms with van der Waals surface area (Å²) in [5.74, 6) is 0.571. The molecule has 1 fully saturated rings. The summed E-state index contributed by atoms with van der Waals surface area (Å²) in [7, 11) is 2.01. The summed E-state index contributed by atoms with van der Waals surface area (Å²) >= 11 is 0. The molecule has 2 heteroatoms. The molecule has 0 unspecified atom stereocenters. The Bertz CT molecular complexity index is 374. The molecule has 0 spiro atoms. The topological polar surface area (TPSA) is 29.1 Å². The minimum atomic E-state index is 0.238. The van der Waals surface area contributed by atoms with E-state index < -0.39 is 0 Å². The van der Waals surface area contributed by atoms with Gasteiger partial charge in [0.2, 0.25) is 0 Å². The quantitative estimate of drug-likeness (QED) is 0.810. The molecule has 0 atom stereocenters. The Hall–Kier alpha value is -1.15. The van der Waals surface area contributed by atoms with Crippen LogP contribution in [-0.2, 0) is 0 Å². The summed E-state index contributed by atoms with van der Waals surface area (Å²) in [4.78, 5) is 12.3. The first-order chi connectivity index (χ1) is 8.20. The van der Waals surface area contributed by atoms with Crippen LogP contribution < -0.4 is 5.32 Å². The van der Waals surface area contributed by atoms with Crippen molar-refractivity contribution >= 4 is 5.78 Å². The predicted octanol–water partition coefficient (Wildman–Crippen LogP) is 2.96. The molecule has 1 aromatic rings. The van der Waals surface area contributed by atoms with E-state index in [2.05, 4.69) is 5.32 Å².